The van der Waals surface area contributed by atoms with Gasteiger partial charge in [0.2, 0.25) is 5.91 Å². The van der Waals surface area contributed by atoms with E-state index >= 15 is 0 Å². The number of aliphatic hydroxyl groups is 1. The van der Waals surface area contributed by atoms with Crippen LogP contribution < -0.4 is 5.32 Å². The monoisotopic (exact) mass is 671 g/mol. The molecule has 7 nitrogen and oxygen atoms in total. The molecule has 2 saturated heterocycles. The Morgan fingerprint density at radius 1 is 1.02 bits per heavy atom. The Labute approximate surface area is 273 Å². The fourth-order valence-corrected chi connectivity index (χ4v) is 6.83. The minimum atomic E-state index is -1.04. The highest BCUT2D eigenvalue weighted by molar-refractivity contribution is 9.10. The average molecular weight is 673 g/mol. The van der Waals surface area contributed by atoms with Crippen LogP contribution in [0.1, 0.15) is 76.8 Å². The highest BCUT2D eigenvalue weighted by Gasteiger charge is 2.38. The molecule has 2 N–H and O–H groups in total. The molecule has 0 spiro atoms. The van der Waals surface area contributed by atoms with Gasteiger partial charge in [-0.25, -0.2) is 0 Å². The number of hydrogen-bond donors (Lipinski definition) is 2. The standard InChI is InChI=1S/C36H54BrN3O4/c1-26-12-17-33(44-34-24-32(39(4)5)22-27(2)43-34)36(3,42)19-9-20-40(25-29-13-15-30(37)16-14-29)21-18-31(38-35(26)41)23-28-10-7-6-8-11-28/h6-8,10-11,13-16,26-27,31-34,42H,9,12,17-25H2,1-5H3,(H,38,41)/t26?,27-,31?,32+,33?,34?,36-/m1/s1. The van der Waals surface area contributed by atoms with Gasteiger partial charge in [0.05, 0.1) is 17.8 Å². The first-order chi connectivity index (χ1) is 21.0. The predicted molar refractivity (Wildman–Crippen MR) is 180 cm³/mol. The first-order valence-electron chi connectivity index (χ1n) is 16.5. The average Bonchev–Trinajstić information content (AvgIpc) is 2.98. The molecule has 0 radical (unpaired) electrons. The van der Waals surface area contributed by atoms with E-state index in [0.29, 0.717) is 25.3 Å². The second kappa shape index (κ2) is 16.7. The summed E-state index contributed by atoms with van der Waals surface area (Å²) in [7, 11) is 4.20. The summed E-state index contributed by atoms with van der Waals surface area (Å²) >= 11 is 3.55. The Balaban J connectivity index is 1.53. The lowest BCUT2D eigenvalue weighted by Crippen LogP contribution is -2.49. The van der Waals surface area contributed by atoms with Gasteiger partial charge in [-0.05, 0) is 103 Å². The zero-order valence-electron chi connectivity index (χ0n) is 27.4. The van der Waals surface area contributed by atoms with Gasteiger partial charge in [-0.1, -0.05) is 65.3 Å². The summed E-state index contributed by atoms with van der Waals surface area (Å²) in [5, 5.41) is 15.3. The Bertz CT molecular complexity index is 1150. The molecule has 2 heterocycles. The van der Waals surface area contributed by atoms with E-state index in [9.17, 15) is 9.90 Å². The number of halogens is 1. The number of hydrogen-bond acceptors (Lipinski definition) is 6. The Hall–Kier alpha value is -1.81. The first kappa shape index (κ1) is 35.1. The number of amides is 1. The summed E-state index contributed by atoms with van der Waals surface area (Å²) < 4.78 is 13.9. The normalized spacial score (nSPS) is 31.8. The largest absolute Gasteiger partial charge is 0.387 e. The number of carbonyl (C=O) groups is 1. The summed E-state index contributed by atoms with van der Waals surface area (Å²) in [6.45, 7) is 8.50. The van der Waals surface area contributed by atoms with E-state index in [1.165, 1.54) is 11.1 Å². The van der Waals surface area contributed by atoms with Crippen molar-refractivity contribution in [1.82, 2.24) is 15.1 Å². The summed E-state index contributed by atoms with van der Waals surface area (Å²) in [6, 6.07) is 19.3. The predicted octanol–water partition coefficient (Wildman–Crippen LogP) is 6.17. The van der Waals surface area contributed by atoms with Crippen LogP contribution in [0.3, 0.4) is 0 Å². The highest BCUT2D eigenvalue weighted by Crippen LogP contribution is 2.31. The first-order valence-corrected chi connectivity index (χ1v) is 17.3. The summed E-state index contributed by atoms with van der Waals surface area (Å²) in [6.07, 6.45) is 5.35. The molecule has 2 fully saturated rings. The van der Waals surface area contributed by atoms with E-state index in [4.69, 9.17) is 9.47 Å². The molecule has 1 amide bonds. The van der Waals surface area contributed by atoms with Gasteiger partial charge in [0, 0.05) is 42.0 Å². The SMILES string of the molecule is CC1CCC(OC2C[C@@H](N(C)C)C[C@@H](C)O2)[C@](C)(O)CCCN(Cc2ccc(Br)cc2)CCC(Cc2ccccc2)NC1=O. The zero-order chi connectivity index (χ0) is 31.7. The molecule has 7 atom stereocenters. The van der Waals surface area contributed by atoms with Crippen molar-refractivity contribution in [1.29, 1.82) is 0 Å². The van der Waals surface area contributed by atoms with E-state index in [2.05, 4.69) is 101 Å². The molecule has 0 aromatic heterocycles. The lowest BCUT2D eigenvalue weighted by molar-refractivity contribution is -0.251. The van der Waals surface area contributed by atoms with Crippen molar-refractivity contribution < 1.29 is 19.4 Å². The number of ether oxygens (including phenoxy) is 2. The van der Waals surface area contributed by atoms with Gasteiger partial charge < -0.3 is 24.8 Å². The third kappa shape index (κ3) is 10.9. The van der Waals surface area contributed by atoms with Gasteiger partial charge in [0.15, 0.2) is 6.29 Å². The Morgan fingerprint density at radius 2 is 1.75 bits per heavy atom. The maximum absolute atomic E-state index is 13.5. The third-order valence-electron chi connectivity index (χ3n) is 9.44. The highest BCUT2D eigenvalue weighted by atomic mass is 79.9. The minimum Gasteiger partial charge on any atom is -0.387 e. The van der Waals surface area contributed by atoms with Crippen molar-refractivity contribution in [2.45, 2.75) is 115 Å². The molecule has 44 heavy (non-hydrogen) atoms. The molecule has 2 aliphatic rings. The van der Waals surface area contributed by atoms with Gasteiger partial charge in [-0.15, -0.1) is 0 Å². The molecule has 8 heteroatoms. The number of benzene rings is 2. The summed E-state index contributed by atoms with van der Waals surface area (Å²) in [4.78, 5) is 18.2. The van der Waals surface area contributed by atoms with Crippen LogP contribution in [-0.2, 0) is 27.2 Å². The van der Waals surface area contributed by atoms with Gasteiger partial charge >= 0.3 is 0 Å². The van der Waals surface area contributed by atoms with Crippen molar-refractivity contribution in [2.75, 3.05) is 27.2 Å². The van der Waals surface area contributed by atoms with Crippen molar-refractivity contribution in [3.63, 3.8) is 0 Å². The quantitative estimate of drug-likeness (QED) is 0.367. The van der Waals surface area contributed by atoms with Crippen molar-refractivity contribution in [3.05, 3.63) is 70.2 Å². The molecule has 2 aromatic carbocycles. The Kier molecular flexibility index (Phi) is 13.3. The summed E-state index contributed by atoms with van der Waals surface area (Å²) in [5.41, 5.74) is 1.43. The second-order valence-electron chi connectivity index (χ2n) is 13.6. The minimum absolute atomic E-state index is 0.0398. The fourth-order valence-electron chi connectivity index (χ4n) is 6.57. The Morgan fingerprint density at radius 3 is 2.45 bits per heavy atom. The van der Waals surface area contributed by atoms with Crippen LogP contribution in [-0.4, -0.2) is 84.2 Å². The van der Waals surface area contributed by atoms with Crippen molar-refractivity contribution >= 4 is 21.8 Å². The molecule has 4 rings (SSSR count). The van der Waals surface area contributed by atoms with Gasteiger partial charge in [-0.2, -0.15) is 0 Å². The maximum Gasteiger partial charge on any atom is 0.223 e. The van der Waals surface area contributed by atoms with Gasteiger partial charge in [0.25, 0.3) is 0 Å². The van der Waals surface area contributed by atoms with Crippen LogP contribution >= 0.6 is 15.9 Å². The topological polar surface area (TPSA) is 74.3 Å². The van der Waals surface area contributed by atoms with Crippen LogP contribution in [0.15, 0.2) is 59.1 Å². The zero-order valence-corrected chi connectivity index (χ0v) is 29.0. The van der Waals surface area contributed by atoms with E-state index in [1.807, 2.05) is 19.9 Å². The summed E-state index contributed by atoms with van der Waals surface area (Å²) in [5.74, 6) is -0.131. The smallest absolute Gasteiger partial charge is 0.223 e. The molecule has 0 saturated carbocycles. The van der Waals surface area contributed by atoms with E-state index < -0.39 is 11.7 Å². The van der Waals surface area contributed by atoms with E-state index in [0.717, 1.165) is 56.2 Å². The molecule has 0 bridgehead atoms. The van der Waals surface area contributed by atoms with E-state index in [-0.39, 0.29) is 30.3 Å². The van der Waals surface area contributed by atoms with Gasteiger partial charge in [-0.3, -0.25) is 9.69 Å². The van der Waals surface area contributed by atoms with Crippen LogP contribution in [0.25, 0.3) is 0 Å². The molecule has 244 valence electrons. The molecule has 2 aliphatic heterocycles. The van der Waals surface area contributed by atoms with Crippen LogP contribution in [0.5, 0.6) is 0 Å². The third-order valence-corrected chi connectivity index (χ3v) is 9.97. The lowest BCUT2D eigenvalue weighted by atomic mass is 9.87. The van der Waals surface area contributed by atoms with E-state index in [1.54, 1.807) is 0 Å². The van der Waals surface area contributed by atoms with Crippen molar-refractivity contribution in [2.24, 2.45) is 5.92 Å². The van der Waals surface area contributed by atoms with Crippen LogP contribution in [0, 0.1) is 5.92 Å². The number of rotatable bonds is 7. The lowest BCUT2D eigenvalue weighted by Gasteiger charge is -2.41. The maximum atomic E-state index is 13.5. The molecular weight excluding hydrogens is 618 g/mol. The second-order valence-corrected chi connectivity index (χ2v) is 14.5. The van der Waals surface area contributed by atoms with Crippen LogP contribution in [0.4, 0.5) is 0 Å². The van der Waals surface area contributed by atoms with Crippen LogP contribution in [0.2, 0.25) is 0 Å². The fraction of sp³-hybridized carbons (Fsp3) is 0.639. The number of nitrogens with zero attached hydrogens (tertiary/aromatic N) is 2. The molecule has 2 aromatic rings. The number of nitrogens with one attached hydrogen (secondary N) is 1. The molecule has 0 aliphatic carbocycles. The van der Waals surface area contributed by atoms with Gasteiger partial charge in [0.1, 0.15) is 0 Å². The molecular formula is C36H54BrN3O4. The number of carbonyl (C=O) groups excluding carboxylic acids is 1. The van der Waals surface area contributed by atoms with Crippen molar-refractivity contribution in [3.8, 4) is 0 Å². The molecule has 4 unspecified atom stereocenters.